The number of aliphatic hydroxyl groups excluding tert-OH is 2. The first-order valence-corrected chi connectivity index (χ1v) is 9.40. The Morgan fingerprint density at radius 3 is 2.89 bits per heavy atom. The number of pyridine rings is 1. The molecule has 27 heavy (non-hydrogen) atoms. The molecule has 1 aliphatic rings. The second-order valence-electron chi connectivity index (χ2n) is 8.15. The van der Waals surface area contributed by atoms with Gasteiger partial charge in [0.15, 0.2) is 5.65 Å². The van der Waals surface area contributed by atoms with Gasteiger partial charge >= 0.3 is 6.09 Å². The standard InChI is InChI=1S/C19H28N4O4/c1-19(2,3)27-18(26)20-14-6-4-5-13(9-14)17-22-21-16-10-12(15(25)11-24)7-8-23(16)17/h7-8,10,13-15,24-25H,4-6,9,11H2,1-3H3,(H,20,26)/t13-,14+,15?/m0/s1. The summed E-state index contributed by atoms with van der Waals surface area (Å²) < 4.78 is 7.27. The molecule has 2 aromatic rings. The molecule has 3 rings (SSSR count). The maximum atomic E-state index is 12.1. The Morgan fingerprint density at radius 2 is 2.19 bits per heavy atom. The Morgan fingerprint density at radius 1 is 1.41 bits per heavy atom. The maximum Gasteiger partial charge on any atom is 0.407 e. The van der Waals surface area contributed by atoms with Crippen LogP contribution in [-0.4, -0.2) is 49.2 Å². The van der Waals surface area contributed by atoms with E-state index in [1.165, 1.54) is 0 Å². The molecule has 0 saturated heterocycles. The molecular formula is C19H28N4O4. The van der Waals surface area contributed by atoms with Crippen LogP contribution in [-0.2, 0) is 4.74 Å². The van der Waals surface area contributed by atoms with E-state index in [0.717, 1.165) is 31.5 Å². The molecule has 1 aliphatic carbocycles. The first kappa shape index (κ1) is 19.6. The molecule has 0 aliphatic heterocycles. The van der Waals surface area contributed by atoms with E-state index in [4.69, 9.17) is 9.84 Å². The third kappa shape index (κ3) is 4.75. The number of ether oxygens (including phenoxy) is 1. The summed E-state index contributed by atoms with van der Waals surface area (Å²) in [5, 5.41) is 30.4. The van der Waals surface area contributed by atoms with Crippen molar-refractivity contribution in [3.05, 3.63) is 29.7 Å². The minimum atomic E-state index is -0.924. The number of rotatable bonds is 4. The molecule has 3 N–H and O–H groups in total. The number of nitrogens with one attached hydrogen (secondary N) is 1. The number of hydrogen-bond acceptors (Lipinski definition) is 6. The van der Waals surface area contributed by atoms with Gasteiger partial charge in [-0.05, 0) is 57.7 Å². The van der Waals surface area contributed by atoms with E-state index in [2.05, 4.69) is 15.5 Å². The summed E-state index contributed by atoms with van der Waals surface area (Å²) in [5.41, 5.74) is 0.729. The second kappa shape index (κ2) is 7.82. The van der Waals surface area contributed by atoms with Crippen LogP contribution in [0.15, 0.2) is 18.3 Å². The van der Waals surface area contributed by atoms with Crippen molar-refractivity contribution < 1.29 is 19.7 Å². The van der Waals surface area contributed by atoms with Crippen molar-refractivity contribution in [1.29, 1.82) is 0 Å². The van der Waals surface area contributed by atoms with Crippen molar-refractivity contribution in [3.8, 4) is 0 Å². The topological polar surface area (TPSA) is 109 Å². The van der Waals surface area contributed by atoms with E-state index in [0.29, 0.717) is 11.2 Å². The first-order valence-electron chi connectivity index (χ1n) is 9.40. The predicted molar refractivity (Wildman–Crippen MR) is 99.4 cm³/mol. The van der Waals surface area contributed by atoms with Crippen LogP contribution in [0.25, 0.3) is 5.65 Å². The van der Waals surface area contributed by atoms with Gasteiger partial charge < -0.3 is 20.3 Å². The van der Waals surface area contributed by atoms with Crippen molar-refractivity contribution in [2.24, 2.45) is 0 Å². The van der Waals surface area contributed by atoms with Crippen LogP contribution in [0.1, 0.15) is 69.9 Å². The predicted octanol–water partition coefficient (Wildman–Crippen LogP) is 2.31. The summed E-state index contributed by atoms with van der Waals surface area (Å²) in [6.07, 6.45) is 4.17. The first-order chi connectivity index (χ1) is 12.8. The molecule has 0 spiro atoms. The highest BCUT2D eigenvalue weighted by molar-refractivity contribution is 5.68. The summed E-state index contributed by atoms with van der Waals surface area (Å²) in [4.78, 5) is 12.1. The number of alkyl carbamates (subject to hydrolysis) is 1. The molecule has 1 unspecified atom stereocenters. The van der Waals surface area contributed by atoms with E-state index >= 15 is 0 Å². The smallest absolute Gasteiger partial charge is 0.407 e. The van der Waals surface area contributed by atoms with Gasteiger partial charge in [0.2, 0.25) is 0 Å². The van der Waals surface area contributed by atoms with Gasteiger partial charge in [-0.25, -0.2) is 4.79 Å². The molecule has 0 bridgehead atoms. The number of nitrogens with zero attached hydrogens (tertiary/aromatic N) is 3. The summed E-state index contributed by atoms with van der Waals surface area (Å²) in [6.45, 7) is 5.21. The van der Waals surface area contributed by atoms with Crippen molar-refractivity contribution >= 4 is 11.7 Å². The normalized spacial score (nSPS) is 21.8. The number of carbonyl (C=O) groups excluding carboxylic acids is 1. The molecule has 8 heteroatoms. The number of amides is 1. The van der Waals surface area contributed by atoms with Gasteiger partial charge in [-0.3, -0.25) is 4.40 Å². The largest absolute Gasteiger partial charge is 0.444 e. The molecule has 3 atom stereocenters. The number of aliphatic hydroxyl groups is 2. The van der Waals surface area contributed by atoms with Gasteiger partial charge in [-0.1, -0.05) is 6.42 Å². The molecule has 0 aromatic carbocycles. The van der Waals surface area contributed by atoms with E-state index < -0.39 is 11.7 Å². The van der Waals surface area contributed by atoms with Crippen molar-refractivity contribution in [3.63, 3.8) is 0 Å². The van der Waals surface area contributed by atoms with Crippen LogP contribution in [0.2, 0.25) is 0 Å². The summed E-state index contributed by atoms with van der Waals surface area (Å²) in [6, 6.07) is 3.54. The zero-order chi connectivity index (χ0) is 19.6. The Labute approximate surface area is 158 Å². The maximum absolute atomic E-state index is 12.1. The van der Waals surface area contributed by atoms with E-state index in [1.807, 2.05) is 31.4 Å². The van der Waals surface area contributed by atoms with E-state index in [-0.39, 0.29) is 24.7 Å². The van der Waals surface area contributed by atoms with Crippen LogP contribution in [0.4, 0.5) is 4.79 Å². The zero-order valence-electron chi connectivity index (χ0n) is 16.1. The molecule has 0 radical (unpaired) electrons. The molecule has 1 fully saturated rings. The monoisotopic (exact) mass is 376 g/mol. The lowest BCUT2D eigenvalue weighted by Crippen LogP contribution is -2.41. The fraction of sp³-hybridized carbons (Fsp3) is 0.632. The van der Waals surface area contributed by atoms with Crippen molar-refractivity contribution in [2.75, 3.05) is 6.61 Å². The average Bonchev–Trinajstić information content (AvgIpc) is 3.02. The van der Waals surface area contributed by atoms with Crippen LogP contribution in [0.5, 0.6) is 0 Å². The summed E-state index contributed by atoms with van der Waals surface area (Å²) >= 11 is 0. The Bertz CT molecular complexity index is 799. The Hall–Kier alpha value is -2.19. The Balaban J connectivity index is 1.71. The minimum absolute atomic E-state index is 0.0430. The third-order valence-electron chi connectivity index (χ3n) is 4.78. The molecule has 1 saturated carbocycles. The van der Waals surface area contributed by atoms with Gasteiger partial charge in [-0.2, -0.15) is 0 Å². The number of hydrogen-bond donors (Lipinski definition) is 3. The fourth-order valence-corrected chi connectivity index (χ4v) is 3.55. The molecular weight excluding hydrogens is 348 g/mol. The quantitative estimate of drug-likeness (QED) is 0.755. The average molecular weight is 376 g/mol. The highest BCUT2D eigenvalue weighted by atomic mass is 16.6. The van der Waals surface area contributed by atoms with E-state index in [9.17, 15) is 9.90 Å². The number of aromatic nitrogens is 3. The highest BCUT2D eigenvalue weighted by Crippen LogP contribution is 2.32. The van der Waals surface area contributed by atoms with Gasteiger partial charge in [0, 0.05) is 18.2 Å². The minimum Gasteiger partial charge on any atom is -0.444 e. The SMILES string of the molecule is CC(C)(C)OC(=O)N[C@@H]1CCC[C@H](c2nnc3cc(C(O)CO)ccn23)C1. The highest BCUT2D eigenvalue weighted by Gasteiger charge is 2.29. The number of fused-ring (bicyclic) bond motifs is 1. The van der Waals surface area contributed by atoms with Gasteiger partial charge in [0.1, 0.15) is 17.5 Å². The molecule has 1 amide bonds. The second-order valence-corrected chi connectivity index (χ2v) is 8.15. The van der Waals surface area contributed by atoms with Crippen LogP contribution in [0, 0.1) is 0 Å². The molecule has 2 aromatic heterocycles. The fourth-order valence-electron chi connectivity index (χ4n) is 3.55. The molecule has 148 valence electrons. The lowest BCUT2D eigenvalue weighted by molar-refractivity contribution is 0.0490. The van der Waals surface area contributed by atoms with Crippen molar-refractivity contribution in [1.82, 2.24) is 19.9 Å². The van der Waals surface area contributed by atoms with Crippen LogP contribution >= 0.6 is 0 Å². The zero-order valence-corrected chi connectivity index (χ0v) is 16.1. The third-order valence-corrected chi connectivity index (χ3v) is 4.78. The van der Waals surface area contributed by atoms with E-state index in [1.54, 1.807) is 12.1 Å². The van der Waals surface area contributed by atoms with Crippen LogP contribution < -0.4 is 5.32 Å². The number of carbonyl (C=O) groups is 1. The van der Waals surface area contributed by atoms with Gasteiger partial charge in [-0.15, -0.1) is 10.2 Å². The lowest BCUT2D eigenvalue weighted by atomic mass is 9.85. The van der Waals surface area contributed by atoms with Gasteiger partial charge in [0.25, 0.3) is 0 Å². The molecule has 2 heterocycles. The van der Waals surface area contributed by atoms with Crippen molar-refractivity contribution in [2.45, 2.75) is 70.1 Å². The van der Waals surface area contributed by atoms with Gasteiger partial charge in [0.05, 0.1) is 6.61 Å². The molecule has 8 nitrogen and oxygen atoms in total. The summed E-state index contributed by atoms with van der Waals surface area (Å²) in [5.74, 6) is 1.04. The lowest BCUT2D eigenvalue weighted by Gasteiger charge is -2.30. The summed E-state index contributed by atoms with van der Waals surface area (Å²) in [7, 11) is 0. The Kier molecular flexibility index (Phi) is 5.67. The van der Waals surface area contributed by atoms with Crippen LogP contribution in [0.3, 0.4) is 0 Å².